The van der Waals surface area contributed by atoms with Gasteiger partial charge >= 0.3 is 11.9 Å². The minimum absolute atomic E-state index is 0.0875. The number of carbonyl (C=O) groups excluding carboxylic acids is 2. The van der Waals surface area contributed by atoms with Crippen LogP contribution in [0.1, 0.15) is 40.0 Å². The van der Waals surface area contributed by atoms with E-state index < -0.39 is 29.4 Å². The summed E-state index contributed by atoms with van der Waals surface area (Å²) in [6.45, 7) is 5.68. The molecule has 1 N–H and O–H groups in total. The van der Waals surface area contributed by atoms with E-state index in [0.717, 1.165) is 0 Å². The van der Waals surface area contributed by atoms with Crippen molar-refractivity contribution in [3.8, 4) is 0 Å². The van der Waals surface area contributed by atoms with Crippen molar-refractivity contribution in [3.05, 3.63) is 0 Å². The van der Waals surface area contributed by atoms with Crippen molar-refractivity contribution in [2.75, 3.05) is 14.2 Å². The molecule has 116 valence electrons. The van der Waals surface area contributed by atoms with Crippen molar-refractivity contribution < 1.29 is 28.6 Å². The predicted molar refractivity (Wildman–Crippen MR) is 69.5 cm³/mol. The van der Waals surface area contributed by atoms with E-state index in [2.05, 4.69) is 10.2 Å². The van der Waals surface area contributed by atoms with Crippen LogP contribution in [-0.4, -0.2) is 43.6 Å². The lowest BCUT2D eigenvalue weighted by Crippen LogP contribution is -2.48. The summed E-state index contributed by atoms with van der Waals surface area (Å²) in [5, 5.41) is 0. The quantitative estimate of drug-likeness (QED) is 0.753. The highest BCUT2D eigenvalue weighted by Crippen LogP contribution is 2.31. The molecule has 1 aliphatic rings. The normalized spacial score (nSPS) is 26.4. The van der Waals surface area contributed by atoms with Gasteiger partial charge in [0.1, 0.15) is 5.54 Å². The maximum atomic E-state index is 12.0. The maximum absolute atomic E-state index is 12.0. The van der Waals surface area contributed by atoms with Crippen LogP contribution in [0.2, 0.25) is 0 Å². The molecule has 7 nitrogen and oxygen atoms in total. The summed E-state index contributed by atoms with van der Waals surface area (Å²) in [5.74, 6) is -0.878. The van der Waals surface area contributed by atoms with Crippen LogP contribution in [0.4, 0.5) is 0 Å². The van der Waals surface area contributed by atoms with Crippen LogP contribution in [0.25, 0.3) is 0 Å². The van der Waals surface area contributed by atoms with Crippen LogP contribution in [0, 0.1) is 0 Å². The van der Waals surface area contributed by atoms with Crippen molar-refractivity contribution in [2.45, 2.75) is 57.5 Å². The zero-order chi connectivity index (χ0) is 15.4. The number of ether oxygens (including phenoxy) is 3. The van der Waals surface area contributed by atoms with Crippen molar-refractivity contribution in [1.29, 1.82) is 0 Å². The summed E-state index contributed by atoms with van der Waals surface area (Å²) in [6.07, 6.45) is 0.000776. The van der Waals surface area contributed by atoms with Crippen molar-refractivity contribution >= 4 is 11.9 Å². The Kier molecular flexibility index (Phi) is 5.50. The van der Waals surface area contributed by atoms with Crippen LogP contribution >= 0.6 is 0 Å². The topological polar surface area (TPSA) is 83.1 Å². The van der Waals surface area contributed by atoms with Gasteiger partial charge in [0, 0.05) is 12.8 Å². The summed E-state index contributed by atoms with van der Waals surface area (Å²) in [5.41, 5.74) is 1.18. The second kappa shape index (κ2) is 6.51. The number of hydrogen-bond acceptors (Lipinski definition) is 7. The van der Waals surface area contributed by atoms with Crippen LogP contribution in [0.5, 0.6) is 0 Å². The van der Waals surface area contributed by atoms with Gasteiger partial charge in [-0.3, -0.25) is 9.63 Å². The first-order valence-corrected chi connectivity index (χ1v) is 6.48. The highest BCUT2D eigenvalue weighted by atomic mass is 16.8. The number of hydrogen-bond donors (Lipinski definition) is 1. The highest BCUT2D eigenvalue weighted by molar-refractivity contribution is 5.82. The molecule has 20 heavy (non-hydrogen) atoms. The Labute approximate surface area is 118 Å². The molecular weight excluding hydrogens is 266 g/mol. The largest absolute Gasteiger partial charge is 0.469 e. The fourth-order valence-corrected chi connectivity index (χ4v) is 2.00. The summed E-state index contributed by atoms with van der Waals surface area (Å²) in [7, 11) is 2.60. The molecule has 0 aromatic carbocycles. The Bertz CT molecular complexity index is 364. The molecule has 0 saturated carbocycles. The first-order valence-electron chi connectivity index (χ1n) is 6.48. The van der Waals surface area contributed by atoms with Gasteiger partial charge < -0.3 is 14.2 Å². The minimum atomic E-state index is -1.08. The van der Waals surface area contributed by atoms with Crippen molar-refractivity contribution in [2.24, 2.45) is 0 Å². The van der Waals surface area contributed by atoms with E-state index in [0.29, 0.717) is 0 Å². The third-order valence-electron chi connectivity index (χ3n) is 2.95. The van der Waals surface area contributed by atoms with E-state index in [4.69, 9.17) is 14.3 Å². The van der Waals surface area contributed by atoms with E-state index in [1.165, 1.54) is 14.2 Å². The molecule has 1 fully saturated rings. The van der Waals surface area contributed by atoms with Gasteiger partial charge in [-0.15, -0.1) is 0 Å². The molecule has 0 radical (unpaired) electrons. The van der Waals surface area contributed by atoms with Crippen LogP contribution < -0.4 is 5.48 Å². The number of esters is 2. The van der Waals surface area contributed by atoms with Crippen LogP contribution in [-0.2, 0) is 28.6 Å². The molecule has 0 bridgehead atoms. The SMILES string of the molecule is COC(=O)CC[C@@]1(C(=O)OC)C[C@@H](OC(C)(C)C)ON1. The third kappa shape index (κ3) is 4.43. The average Bonchev–Trinajstić information content (AvgIpc) is 2.77. The van der Waals surface area contributed by atoms with Gasteiger partial charge in [-0.2, -0.15) is 5.48 Å². The first kappa shape index (κ1) is 16.9. The molecular formula is C13H23NO6. The zero-order valence-electron chi connectivity index (χ0n) is 12.6. The molecule has 2 atom stereocenters. The molecule has 7 heteroatoms. The first-order chi connectivity index (χ1) is 9.22. The molecule has 1 aliphatic heterocycles. The Morgan fingerprint density at radius 2 is 1.95 bits per heavy atom. The number of hydroxylamine groups is 1. The van der Waals surface area contributed by atoms with Gasteiger partial charge in [0.2, 0.25) is 0 Å². The van der Waals surface area contributed by atoms with Gasteiger partial charge in [-0.1, -0.05) is 0 Å². The Morgan fingerprint density at radius 1 is 1.30 bits per heavy atom. The molecule has 1 rings (SSSR count). The van der Waals surface area contributed by atoms with Crippen molar-refractivity contribution in [3.63, 3.8) is 0 Å². The van der Waals surface area contributed by atoms with Gasteiger partial charge in [0.15, 0.2) is 6.29 Å². The van der Waals surface area contributed by atoms with E-state index >= 15 is 0 Å². The second-order valence-corrected chi connectivity index (χ2v) is 5.73. The molecule has 1 saturated heterocycles. The predicted octanol–water partition coefficient (Wildman–Crippen LogP) is 0.917. The lowest BCUT2D eigenvalue weighted by Gasteiger charge is -2.25. The van der Waals surface area contributed by atoms with Crippen molar-refractivity contribution in [1.82, 2.24) is 5.48 Å². The summed E-state index contributed by atoms with van der Waals surface area (Å²) < 4.78 is 15.1. The van der Waals surface area contributed by atoms with Crippen LogP contribution in [0.15, 0.2) is 0 Å². The monoisotopic (exact) mass is 289 g/mol. The van der Waals surface area contributed by atoms with E-state index in [-0.39, 0.29) is 19.3 Å². The summed E-state index contributed by atoms with van der Waals surface area (Å²) >= 11 is 0. The fourth-order valence-electron chi connectivity index (χ4n) is 2.00. The number of nitrogens with one attached hydrogen (secondary N) is 1. The summed E-state index contributed by atoms with van der Waals surface area (Å²) in [6, 6.07) is 0. The fraction of sp³-hybridized carbons (Fsp3) is 0.846. The summed E-state index contributed by atoms with van der Waals surface area (Å²) in [4.78, 5) is 28.5. The molecule has 0 aromatic heterocycles. The van der Waals surface area contributed by atoms with E-state index in [1.807, 2.05) is 20.8 Å². The van der Waals surface area contributed by atoms with E-state index in [1.54, 1.807) is 0 Å². The van der Waals surface area contributed by atoms with Gasteiger partial charge in [-0.25, -0.2) is 4.79 Å². The Hall–Kier alpha value is -1.18. The zero-order valence-corrected chi connectivity index (χ0v) is 12.6. The molecule has 0 spiro atoms. The number of rotatable bonds is 5. The average molecular weight is 289 g/mol. The van der Waals surface area contributed by atoms with Gasteiger partial charge in [-0.05, 0) is 27.2 Å². The van der Waals surface area contributed by atoms with E-state index in [9.17, 15) is 9.59 Å². The smallest absolute Gasteiger partial charge is 0.328 e. The Balaban J connectivity index is 2.72. The van der Waals surface area contributed by atoms with Crippen LogP contribution in [0.3, 0.4) is 0 Å². The van der Waals surface area contributed by atoms with Gasteiger partial charge in [0.25, 0.3) is 0 Å². The Morgan fingerprint density at radius 3 is 2.45 bits per heavy atom. The highest BCUT2D eigenvalue weighted by Gasteiger charge is 2.49. The lowest BCUT2D eigenvalue weighted by molar-refractivity contribution is -0.194. The molecule has 0 aromatic rings. The number of methoxy groups -OCH3 is 2. The maximum Gasteiger partial charge on any atom is 0.328 e. The molecule has 0 unspecified atom stereocenters. The standard InChI is InChI=1S/C13H23NO6/c1-12(2,3)19-10-8-13(14-20-10,11(16)18-5)7-6-9(15)17-4/h10,14H,6-8H2,1-5H3/t10-,13-/m0/s1. The second-order valence-electron chi connectivity index (χ2n) is 5.73. The van der Waals surface area contributed by atoms with Gasteiger partial charge in [0.05, 0.1) is 19.8 Å². The third-order valence-corrected chi connectivity index (χ3v) is 2.95. The molecule has 1 heterocycles. The lowest BCUT2D eigenvalue weighted by atomic mass is 9.91. The molecule has 0 aliphatic carbocycles. The minimum Gasteiger partial charge on any atom is -0.469 e. The molecule has 0 amide bonds. The number of carbonyl (C=O) groups is 2.